The summed E-state index contributed by atoms with van der Waals surface area (Å²) in [6.45, 7) is 11.4. The SMILES string of the molecule is CCc1ccccc1NC(=O)CSc1nnc([C@@H](NC(=O)OC(C)(C)C)[C@H](C)CC)o1. The molecule has 2 amide bonds. The van der Waals surface area contributed by atoms with Gasteiger partial charge in [0, 0.05) is 5.69 Å². The van der Waals surface area contributed by atoms with Crippen LogP contribution >= 0.6 is 11.8 Å². The van der Waals surface area contributed by atoms with Crippen LogP contribution in [0.1, 0.15) is 65.5 Å². The highest BCUT2D eigenvalue weighted by Crippen LogP contribution is 2.27. The van der Waals surface area contributed by atoms with Gasteiger partial charge >= 0.3 is 6.09 Å². The maximum absolute atomic E-state index is 12.3. The Bertz CT molecular complexity index is 878. The zero-order valence-corrected chi connectivity index (χ0v) is 19.8. The average molecular weight is 449 g/mol. The predicted octanol–water partition coefficient (Wildman–Crippen LogP) is 4.97. The number of anilines is 1. The van der Waals surface area contributed by atoms with Gasteiger partial charge in [0.1, 0.15) is 11.6 Å². The number of alkyl carbamates (subject to hydrolysis) is 1. The van der Waals surface area contributed by atoms with E-state index in [0.29, 0.717) is 5.89 Å². The molecule has 2 N–H and O–H groups in total. The molecule has 0 aliphatic rings. The Kier molecular flexibility index (Phi) is 8.91. The Labute approximate surface area is 187 Å². The summed E-state index contributed by atoms with van der Waals surface area (Å²) in [5.74, 6) is 0.322. The van der Waals surface area contributed by atoms with Gasteiger partial charge in [-0.05, 0) is 44.7 Å². The Balaban J connectivity index is 1.99. The molecule has 0 saturated carbocycles. The van der Waals surface area contributed by atoms with Crippen molar-refractivity contribution >= 4 is 29.4 Å². The minimum Gasteiger partial charge on any atom is -0.444 e. The molecule has 0 spiro atoms. The van der Waals surface area contributed by atoms with E-state index in [-0.39, 0.29) is 22.8 Å². The van der Waals surface area contributed by atoms with Gasteiger partial charge in [0.05, 0.1) is 5.75 Å². The monoisotopic (exact) mass is 448 g/mol. The maximum Gasteiger partial charge on any atom is 0.408 e. The third kappa shape index (κ3) is 7.90. The molecule has 0 aliphatic carbocycles. The normalized spacial score (nSPS) is 13.4. The summed E-state index contributed by atoms with van der Waals surface area (Å²) in [6, 6.07) is 7.22. The number of amides is 2. The molecule has 8 nitrogen and oxygen atoms in total. The number of para-hydroxylation sites is 1. The smallest absolute Gasteiger partial charge is 0.408 e. The number of nitrogens with zero attached hydrogens (tertiary/aromatic N) is 2. The first-order valence-corrected chi connectivity index (χ1v) is 11.4. The van der Waals surface area contributed by atoms with Crippen molar-refractivity contribution < 1.29 is 18.7 Å². The van der Waals surface area contributed by atoms with Crippen LogP contribution < -0.4 is 10.6 Å². The number of rotatable bonds is 9. The molecule has 0 radical (unpaired) electrons. The molecule has 0 unspecified atom stereocenters. The molecule has 0 aliphatic heterocycles. The fraction of sp³-hybridized carbons (Fsp3) is 0.545. The van der Waals surface area contributed by atoms with Crippen LogP contribution in [0.5, 0.6) is 0 Å². The van der Waals surface area contributed by atoms with Crippen molar-refractivity contribution in [3.8, 4) is 0 Å². The van der Waals surface area contributed by atoms with E-state index in [2.05, 4.69) is 20.8 Å². The summed E-state index contributed by atoms with van der Waals surface area (Å²) in [6.07, 6.45) is 1.09. The number of nitrogens with one attached hydrogen (secondary N) is 2. The van der Waals surface area contributed by atoms with Gasteiger partial charge in [-0.25, -0.2) is 4.79 Å². The predicted molar refractivity (Wildman–Crippen MR) is 121 cm³/mol. The minimum absolute atomic E-state index is 0.0552. The van der Waals surface area contributed by atoms with E-state index < -0.39 is 17.7 Å². The van der Waals surface area contributed by atoms with E-state index in [4.69, 9.17) is 9.15 Å². The zero-order chi connectivity index (χ0) is 23.0. The van der Waals surface area contributed by atoms with Crippen LogP contribution in [0.4, 0.5) is 10.5 Å². The second kappa shape index (κ2) is 11.2. The largest absolute Gasteiger partial charge is 0.444 e. The first-order valence-electron chi connectivity index (χ1n) is 10.5. The molecular formula is C22H32N4O4S. The van der Waals surface area contributed by atoms with Crippen molar-refractivity contribution in [3.63, 3.8) is 0 Å². The lowest BCUT2D eigenvalue weighted by atomic mass is 9.99. The molecular weight excluding hydrogens is 416 g/mol. The third-order valence-corrected chi connectivity index (χ3v) is 5.39. The van der Waals surface area contributed by atoms with Crippen LogP contribution in [0.2, 0.25) is 0 Å². The Morgan fingerprint density at radius 3 is 2.55 bits per heavy atom. The number of ether oxygens (including phenoxy) is 1. The van der Waals surface area contributed by atoms with Crippen molar-refractivity contribution in [2.24, 2.45) is 5.92 Å². The molecule has 31 heavy (non-hydrogen) atoms. The Morgan fingerprint density at radius 1 is 1.19 bits per heavy atom. The second-order valence-corrected chi connectivity index (χ2v) is 9.19. The van der Waals surface area contributed by atoms with Crippen molar-refractivity contribution in [1.29, 1.82) is 0 Å². The minimum atomic E-state index is -0.607. The zero-order valence-electron chi connectivity index (χ0n) is 19.0. The molecule has 1 heterocycles. The topological polar surface area (TPSA) is 106 Å². The summed E-state index contributed by atoms with van der Waals surface area (Å²) in [7, 11) is 0. The number of hydrogen-bond donors (Lipinski definition) is 2. The highest BCUT2D eigenvalue weighted by atomic mass is 32.2. The fourth-order valence-electron chi connectivity index (χ4n) is 2.79. The van der Waals surface area contributed by atoms with Gasteiger partial charge in [-0.2, -0.15) is 0 Å². The number of aromatic nitrogens is 2. The van der Waals surface area contributed by atoms with Crippen molar-refractivity contribution in [3.05, 3.63) is 35.7 Å². The van der Waals surface area contributed by atoms with Crippen LogP contribution in [-0.2, 0) is 16.0 Å². The Morgan fingerprint density at radius 2 is 1.90 bits per heavy atom. The van der Waals surface area contributed by atoms with Gasteiger partial charge in [0.15, 0.2) is 0 Å². The molecule has 2 rings (SSSR count). The summed E-state index contributed by atoms with van der Waals surface area (Å²) >= 11 is 1.15. The van der Waals surface area contributed by atoms with E-state index in [1.807, 2.05) is 45.0 Å². The van der Waals surface area contributed by atoms with E-state index in [0.717, 1.165) is 35.9 Å². The highest BCUT2D eigenvalue weighted by molar-refractivity contribution is 7.99. The van der Waals surface area contributed by atoms with E-state index in [1.54, 1.807) is 20.8 Å². The lowest BCUT2D eigenvalue weighted by Gasteiger charge is -2.24. The van der Waals surface area contributed by atoms with Crippen molar-refractivity contribution in [2.45, 2.75) is 71.2 Å². The summed E-state index contributed by atoms with van der Waals surface area (Å²) in [5, 5.41) is 14.1. The average Bonchev–Trinajstić information content (AvgIpc) is 3.17. The molecule has 0 bridgehead atoms. The number of aryl methyl sites for hydroxylation is 1. The van der Waals surface area contributed by atoms with Gasteiger partial charge in [0.2, 0.25) is 11.8 Å². The van der Waals surface area contributed by atoms with Crippen LogP contribution in [0.15, 0.2) is 33.9 Å². The molecule has 0 saturated heterocycles. The fourth-order valence-corrected chi connectivity index (χ4v) is 3.36. The van der Waals surface area contributed by atoms with Gasteiger partial charge in [-0.3, -0.25) is 4.79 Å². The Hall–Kier alpha value is -2.55. The van der Waals surface area contributed by atoms with Crippen LogP contribution in [0.3, 0.4) is 0 Å². The van der Waals surface area contributed by atoms with Gasteiger partial charge in [-0.15, -0.1) is 10.2 Å². The van der Waals surface area contributed by atoms with Gasteiger partial charge in [-0.1, -0.05) is 57.2 Å². The first-order chi connectivity index (χ1) is 14.6. The number of thioether (sulfide) groups is 1. The second-order valence-electron chi connectivity index (χ2n) is 8.26. The summed E-state index contributed by atoms with van der Waals surface area (Å²) < 4.78 is 11.1. The molecule has 2 aromatic rings. The molecule has 1 aromatic carbocycles. The highest BCUT2D eigenvalue weighted by Gasteiger charge is 2.28. The molecule has 170 valence electrons. The number of hydrogen-bond acceptors (Lipinski definition) is 7. The standard InChI is InChI=1S/C22H32N4O4S/c1-7-14(3)18(24-20(28)30-22(4,5)6)19-25-26-21(29-19)31-13-17(27)23-16-12-10-9-11-15(16)8-2/h9-12,14,18H,7-8,13H2,1-6H3,(H,23,27)(H,24,28)/t14-,18+/m1/s1. The quantitative estimate of drug-likeness (QED) is 0.521. The molecule has 9 heteroatoms. The van der Waals surface area contributed by atoms with E-state index in [1.165, 1.54) is 0 Å². The summed E-state index contributed by atoms with van der Waals surface area (Å²) in [4.78, 5) is 24.6. The van der Waals surface area contributed by atoms with Crippen molar-refractivity contribution in [2.75, 3.05) is 11.1 Å². The molecule has 0 fully saturated rings. The summed E-state index contributed by atoms with van der Waals surface area (Å²) in [5.41, 5.74) is 1.27. The number of carbonyl (C=O) groups is 2. The first kappa shape index (κ1) is 24.7. The molecule has 2 atom stereocenters. The lowest BCUT2D eigenvalue weighted by molar-refractivity contribution is -0.113. The van der Waals surface area contributed by atoms with Crippen LogP contribution in [-0.4, -0.2) is 33.6 Å². The van der Waals surface area contributed by atoms with Crippen LogP contribution in [0, 0.1) is 5.92 Å². The molecule has 1 aromatic heterocycles. The number of benzene rings is 1. The maximum atomic E-state index is 12.3. The van der Waals surface area contributed by atoms with Gasteiger partial charge < -0.3 is 19.8 Å². The van der Waals surface area contributed by atoms with Crippen LogP contribution in [0.25, 0.3) is 0 Å². The number of carbonyl (C=O) groups excluding carboxylic acids is 2. The van der Waals surface area contributed by atoms with E-state index in [9.17, 15) is 9.59 Å². The van der Waals surface area contributed by atoms with E-state index >= 15 is 0 Å². The third-order valence-electron chi connectivity index (χ3n) is 4.57. The van der Waals surface area contributed by atoms with Crippen molar-refractivity contribution in [1.82, 2.24) is 15.5 Å². The lowest BCUT2D eigenvalue weighted by Crippen LogP contribution is -2.37. The van der Waals surface area contributed by atoms with Gasteiger partial charge in [0.25, 0.3) is 5.22 Å².